The van der Waals surface area contributed by atoms with E-state index in [4.69, 9.17) is 9.47 Å². The van der Waals surface area contributed by atoms with Crippen LogP contribution >= 0.6 is 0 Å². The van der Waals surface area contributed by atoms with Crippen molar-refractivity contribution in [3.8, 4) is 5.75 Å². The molecule has 2 fully saturated rings. The van der Waals surface area contributed by atoms with E-state index < -0.39 is 0 Å². The number of benzene rings is 1. The fourth-order valence-electron chi connectivity index (χ4n) is 4.02. The number of hydrogen-bond acceptors (Lipinski definition) is 4. The maximum Gasteiger partial charge on any atom is 0.225 e. The first kappa shape index (κ1) is 19.1. The van der Waals surface area contributed by atoms with Gasteiger partial charge in [-0.1, -0.05) is 6.07 Å². The molecule has 0 aliphatic carbocycles. The Bertz CT molecular complexity index is 621. The predicted octanol–water partition coefficient (Wildman–Crippen LogP) is 2.68. The number of carbonyl (C=O) groups excluding carboxylic acids is 1. The number of piperidine rings is 1. The molecule has 0 N–H and O–H groups in total. The molecule has 26 heavy (non-hydrogen) atoms. The van der Waals surface area contributed by atoms with Gasteiger partial charge in [-0.15, -0.1) is 0 Å². The number of morpholine rings is 1. The minimum absolute atomic E-state index is 0.0938. The molecule has 1 aromatic carbocycles. The number of rotatable bonds is 4. The normalized spacial score (nSPS) is 25.3. The lowest BCUT2D eigenvalue weighted by atomic mass is 9.94. The van der Waals surface area contributed by atoms with Gasteiger partial charge in [0.15, 0.2) is 11.6 Å². The first-order valence-electron chi connectivity index (χ1n) is 9.45. The van der Waals surface area contributed by atoms with Crippen molar-refractivity contribution >= 4 is 5.91 Å². The van der Waals surface area contributed by atoms with Crippen LogP contribution in [0.3, 0.4) is 0 Å². The van der Waals surface area contributed by atoms with E-state index in [-0.39, 0.29) is 35.6 Å². The van der Waals surface area contributed by atoms with Crippen molar-refractivity contribution in [2.75, 3.05) is 33.3 Å². The molecule has 5 nitrogen and oxygen atoms in total. The summed E-state index contributed by atoms with van der Waals surface area (Å²) in [4.78, 5) is 17.1. The van der Waals surface area contributed by atoms with Crippen LogP contribution in [0.5, 0.6) is 5.75 Å². The molecule has 0 aromatic heterocycles. The highest BCUT2D eigenvalue weighted by atomic mass is 19.1. The quantitative estimate of drug-likeness (QED) is 0.824. The monoisotopic (exact) mass is 364 g/mol. The Morgan fingerprint density at radius 1 is 1.23 bits per heavy atom. The lowest BCUT2D eigenvalue weighted by Crippen LogP contribution is -2.51. The zero-order chi connectivity index (χ0) is 18.7. The topological polar surface area (TPSA) is 42.0 Å². The molecule has 2 aliphatic rings. The van der Waals surface area contributed by atoms with E-state index >= 15 is 0 Å². The zero-order valence-electron chi connectivity index (χ0n) is 15.9. The molecule has 6 heteroatoms. The van der Waals surface area contributed by atoms with Crippen molar-refractivity contribution in [1.29, 1.82) is 0 Å². The van der Waals surface area contributed by atoms with Gasteiger partial charge in [-0.05, 0) is 57.5 Å². The lowest BCUT2D eigenvalue weighted by Gasteiger charge is -2.39. The van der Waals surface area contributed by atoms with Gasteiger partial charge in [0.1, 0.15) is 0 Å². The minimum atomic E-state index is -0.328. The van der Waals surface area contributed by atoms with Crippen LogP contribution in [0.25, 0.3) is 0 Å². The summed E-state index contributed by atoms with van der Waals surface area (Å²) in [5.74, 6) is 0.302. The van der Waals surface area contributed by atoms with Crippen molar-refractivity contribution in [3.05, 3.63) is 29.6 Å². The maximum absolute atomic E-state index is 13.8. The van der Waals surface area contributed by atoms with Gasteiger partial charge in [0.05, 0.1) is 19.3 Å². The van der Waals surface area contributed by atoms with Crippen LogP contribution in [-0.4, -0.2) is 61.2 Å². The van der Waals surface area contributed by atoms with Crippen LogP contribution in [0.1, 0.15) is 32.3 Å². The molecule has 3 rings (SSSR count). The summed E-state index contributed by atoms with van der Waals surface area (Å²) in [5, 5.41) is 0. The predicted molar refractivity (Wildman–Crippen MR) is 97.5 cm³/mol. The summed E-state index contributed by atoms with van der Waals surface area (Å²) < 4.78 is 24.5. The average Bonchev–Trinajstić information content (AvgIpc) is 2.61. The number of halogens is 1. The summed E-state index contributed by atoms with van der Waals surface area (Å²) >= 11 is 0. The standard InChI is InChI=1S/C20H29FN2O3/c1-14-11-23(12-15(2)26-14)20(24)17-6-8-22(9-7-17)13-16-4-5-19(25-3)18(21)10-16/h4-5,10,14-15,17H,6-9,11-13H2,1-3H3/t14-,15+. The Balaban J connectivity index is 1.51. The molecule has 144 valence electrons. The molecule has 0 unspecified atom stereocenters. The highest BCUT2D eigenvalue weighted by Gasteiger charge is 2.32. The van der Waals surface area contributed by atoms with Crippen molar-refractivity contribution in [2.24, 2.45) is 5.92 Å². The van der Waals surface area contributed by atoms with Gasteiger partial charge in [-0.2, -0.15) is 0 Å². The largest absolute Gasteiger partial charge is 0.494 e. The molecule has 0 saturated carbocycles. The highest BCUT2D eigenvalue weighted by molar-refractivity contribution is 5.79. The molecular formula is C20H29FN2O3. The number of amides is 1. The SMILES string of the molecule is COc1ccc(CN2CCC(C(=O)N3C[C@@H](C)O[C@@H](C)C3)CC2)cc1F. The maximum atomic E-state index is 13.8. The minimum Gasteiger partial charge on any atom is -0.494 e. The number of methoxy groups -OCH3 is 1. The number of ether oxygens (including phenoxy) is 2. The van der Waals surface area contributed by atoms with Crippen molar-refractivity contribution in [3.63, 3.8) is 0 Å². The molecule has 2 saturated heterocycles. The average molecular weight is 364 g/mol. The first-order chi connectivity index (χ1) is 12.5. The molecule has 0 radical (unpaired) electrons. The Morgan fingerprint density at radius 3 is 2.46 bits per heavy atom. The van der Waals surface area contributed by atoms with E-state index in [1.54, 1.807) is 6.07 Å². The Hall–Kier alpha value is -1.66. The highest BCUT2D eigenvalue weighted by Crippen LogP contribution is 2.24. The van der Waals surface area contributed by atoms with Gasteiger partial charge in [0.25, 0.3) is 0 Å². The Labute approximate surface area is 155 Å². The van der Waals surface area contributed by atoms with Gasteiger partial charge < -0.3 is 14.4 Å². The summed E-state index contributed by atoms with van der Waals surface area (Å²) in [7, 11) is 1.47. The van der Waals surface area contributed by atoms with Gasteiger partial charge in [-0.25, -0.2) is 4.39 Å². The smallest absolute Gasteiger partial charge is 0.225 e. The number of likely N-dealkylation sites (tertiary alicyclic amines) is 1. The molecule has 1 amide bonds. The van der Waals surface area contributed by atoms with Gasteiger partial charge >= 0.3 is 0 Å². The Morgan fingerprint density at radius 2 is 1.88 bits per heavy atom. The van der Waals surface area contributed by atoms with Crippen LogP contribution in [0.4, 0.5) is 4.39 Å². The number of nitrogens with zero attached hydrogens (tertiary/aromatic N) is 2. The summed E-state index contributed by atoms with van der Waals surface area (Å²) in [6.45, 7) is 7.84. The van der Waals surface area contributed by atoms with Crippen molar-refractivity contribution in [1.82, 2.24) is 9.80 Å². The third-order valence-electron chi connectivity index (χ3n) is 5.29. The number of hydrogen-bond donors (Lipinski definition) is 0. The van der Waals surface area contributed by atoms with E-state index in [1.165, 1.54) is 13.2 Å². The lowest BCUT2D eigenvalue weighted by molar-refractivity contribution is -0.148. The third-order valence-corrected chi connectivity index (χ3v) is 5.29. The van der Waals surface area contributed by atoms with Crippen LogP contribution in [0.15, 0.2) is 18.2 Å². The third kappa shape index (κ3) is 4.54. The van der Waals surface area contributed by atoms with E-state index in [9.17, 15) is 9.18 Å². The van der Waals surface area contributed by atoms with Crippen molar-refractivity contribution < 1.29 is 18.7 Å². The molecule has 2 heterocycles. The van der Waals surface area contributed by atoms with Crippen LogP contribution in [0, 0.1) is 11.7 Å². The van der Waals surface area contributed by atoms with Gasteiger partial charge in [-0.3, -0.25) is 9.69 Å². The van der Waals surface area contributed by atoms with E-state index in [0.29, 0.717) is 19.6 Å². The van der Waals surface area contributed by atoms with Gasteiger partial charge in [0, 0.05) is 25.6 Å². The summed E-state index contributed by atoms with van der Waals surface area (Å²) in [6, 6.07) is 5.10. The second kappa shape index (κ2) is 8.35. The van der Waals surface area contributed by atoms with E-state index in [1.807, 2.05) is 24.8 Å². The van der Waals surface area contributed by atoms with E-state index in [0.717, 1.165) is 31.5 Å². The van der Waals surface area contributed by atoms with Crippen LogP contribution in [-0.2, 0) is 16.1 Å². The zero-order valence-corrected chi connectivity index (χ0v) is 15.9. The molecule has 2 aliphatic heterocycles. The Kier molecular flexibility index (Phi) is 6.14. The second-order valence-corrected chi connectivity index (χ2v) is 7.52. The summed E-state index contributed by atoms with van der Waals surface area (Å²) in [5.41, 5.74) is 0.934. The van der Waals surface area contributed by atoms with Crippen molar-refractivity contribution in [2.45, 2.75) is 45.4 Å². The van der Waals surface area contributed by atoms with Crippen LogP contribution < -0.4 is 4.74 Å². The first-order valence-corrected chi connectivity index (χ1v) is 9.45. The van der Waals surface area contributed by atoms with Gasteiger partial charge in [0.2, 0.25) is 5.91 Å². The molecule has 2 atom stereocenters. The molecule has 1 aromatic rings. The fraction of sp³-hybridized carbons (Fsp3) is 0.650. The summed E-state index contributed by atoms with van der Waals surface area (Å²) in [6.07, 6.45) is 1.93. The fourth-order valence-corrected chi connectivity index (χ4v) is 4.02. The number of carbonyl (C=O) groups is 1. The molecular weight excluding hydrogens is 335 g/mol. The molecule has 0 spiro atoms. The second-order valence-electron chi connectivity index (χ2n) is 7.52. The molecule has 0 bridgehead atoms. The van der Waals surface area contributed by atoms with Crippen LogP contribution in [0.2, 0.25) is 0 Å². The van der Waals surface area contributed by atoms with E-state index in [2.05, 4.69) is 4.90 Å².